The highest BCUT2D eigenvalue weighted by Crippen LogP contribution is 2.27. The Balaban J connectivity index is 3.04. The van der Waals surface area contributed by atoms with Crippen LogP contribution in [0.4, 0.5) is 5.69 Å². The van der Waals surface area contributed by atoms with E-state index >= 15 is 0 Å². The summed E-state index contributed by atoms with van der Waals surface area (Å²) in [7, 11) is -1.72. The van der Waals surface area contributed by atoms with Crippen molar-refractivity contribution >= 4 is 29.9 Å². The SMILES string of the molecule is C[Si](C)(C)Oc1cc(Br)cc([N+](=O)[O-])c1. The third-order valence-electron chi connectivity index (χ3n) is 1.49. The number of halogens is 1. The lowest BCUT2D eigenvalue weighted by Crippen LogP contribution is -2.29. The quantitative estimate of drug-likeness (QED) is 0.486. The lowest BCUT2D eigenvalue weighted by Gasteiger charge is -2.18. The second-order valence-electron chi connectivity index (χ2n) is 4.12. The van der Waals surface area contributed by atoms with Crippen molar-refractivity contribution in [2.24, 2.45) is 0 Å². The van der Waals surface area contributed by atoms with E-state index in [0.717, 1.165) is 0 Å². The summed E-state index contributed by atoms with van der Waals surface area (Å²) in [5.74, 6) is 0.551. The Morgan fingerprint density at radius 2 is 1.93 bits per heavy atom. The van der Waals surface area contributed by atoms with Crippen molar-refractivity contribution in [1.29, 1.82) is 0 Å². The maximum Gasteiger partial charge on any atom is 0.274 e. The highest BCUT2D eigenvalue weighted by atomic mass is 79.9. The highest BCUT2D eigenvalue weighted by Gasteiger charge is 2.18. The first kappa shape index (κ1) is 12.2. The van der Waals surface area contributed by atoms with Crippen LogP contribution in [0.5, 0.6) is 5.75 Å². The molecule has 0 fully saturated rings. The monoisotopic (exact) mass is 289 g/mol. The van der Waals surface area contributed by atoms with Gasteiger partial charge in [0.15, 0.2) is 0 Å². The number of non-ortho nitro benzene ring substituents is 1. The van der Waals surface area contributed by atoms with Crippen molar-refractivity contribution < 1.29 is 9.35 Å². The summed E-state index contributed by atoms with van der Waals surface area (Å²) in [6.45, 7) is 6.08. The summed E-state index contributed by atoms with van der Waals surface area (Å²) in [4.78, 5) is 10.2. The van der Waals surface area contributed by atoms with Gasteiger partial charge in [-0.1, -0.05) is 15.9 Å². The number of hydrogen-bond acceptors (Lipinski definition) is 3. The topological polar surface area (TPSA) is 52.4 Å². The molecule has 0 bridgehead atoms. The van der Waals surface area contributed by atoms with Gasteiger partial charge in [0.2, 0.25) is 8.32 Å². The van der Waals surface area contributed by atoms with Gasteiger partial charge in [0.25, 0.3) is 5.69 Å². The van der Waals surface area contributed by atoms with Crippen LogP contribution in [0.2, 0.25) is 19.6 Å². The van der Waals surface area contributed by atoms with Crippen LogP contribution < -0.4 is 4.43 Å². The van der Waals surface area contributed by atoms with Gasteiger partial charge in [0.1, 0.15) is 5.75 Å². The Morgan fingerprint density at radius 3 is 2.40 bits per heavy atom. The van der Waals surface area contributed by atoms with E-state index in [1.54, 1.807) is 6.07 Å². The molecule has 0 atom stereocenters. The molecule has 0 aliphatic carbocycles. The van der Waals surface area contributed by atoms with Crippen LogP contribution in [0.3, 0.4) is 0 Å². The van der Waals surface area contributed by atoms with Crippen LogP contribution in [-0.4, -0.2) is 13.2 Å². The number of benzene rings is 1. The molecule has 0 N–H and O–H groups in total. The minimum atomic E-state index is -1.72. The largest absolute Gasteiger partial charge is 0.544 e. The van der Waals surface area contributed by atoms with Crippen molar-refractivity contribution in [2.75, 3.05) is 0 Å². The molecule has 0 spiro atoms. The van der Waals surface area contributed by atoms with Crippen molar-refractivity contribution in [1.82, 2.24) is 0 Å². The fraction of sp³-hybridized carbons (Fsp3) is 0.333. The standard InChI is InChI=1S/C9H12BrNO3Si/c1-15(2,3)14-9-5-7(10)4-8(6-9)11(12)13/h4-6H,1-3H3. The maximum absolute atomic E-state index is 10.6. The van der Waals surface area contributed by atoms with Gasteiger partial charge in [0.05, 0.1) is 11.0 Å². The smallest absolute Gasteiger partial charge is 0.274 e. The minimum absolute atomic E-state index is 0.0395. The van der Waals surface area contributed by atoms with Gasteiger partial charge in [-0.3, -0.25) is 10.1 Å². The molecule has 0 radical (unpaired) electrons. The summed E-state index contributed by atoms with van der Waals surface area (Å²) in [6, 6.07) is 4.64. The fourth-order valence-electron chi connectivity index (χ4n) is 1.07. The fourth-order valence-corrected chi connectivity index (χ4v) is 2.35. The molecule has 0 saturated heterocycles. The molecule has 1 rings (SSSR count). The molecule has 82 valence electrons. The Kier molecular flexibility index (Phi) is 3.51. The summed E-state index contributed by atoms with van der Waals surface area (Å²) in [5, 5.41) is 10.6. The number of nitrogens with zero attached hydrogens (tertiary/aromatic N) is 1. The zero-order chi connectivity index (χ0) is 11.6. The Hall–Kier alpha value is -0.883. The molecule has 0 heterocycles. The molecule has 1 aromatic carbocycles. The van der Waals surface area contributed by atoms with Gasteiger partial charge in [-0.25, -0.2) is 0 Å². The molecule has 15 heavy (non-hydrogen) atoms. The van der Waals surface area contributed by atoms with E-state index < -0.39 is 13.2 Å². The molecule has 0 unspecified atom stereocenters. The van der Waals surface area contributed by atoms with Gasteiger partial charge in [-0.2, -0.15) is 0 Å². The number of hydrogen-bond donors (Lipinski definition) is 0. The molecule has 0 aliphatic heterocycles. The second kappa shape index (κ2) is 4.32. The lowest BCUT2D eigenvalue weighted by atomic mass is 10.3. The predicted molar refractivity (Wildman–Crippen MR) is 64.8 cm³/mol. The molecule has 0 saturated carbocycles. The maximum atomic E-state index is 10.6. The van der Waals surface area contributed by atoms with Gasteiger partial charge < -0.3 is 4.43 Å². The number of nitro benzene ring substituents is 1. The zero-order valence-corrected chi connectivity index (χ0v) is 11.4. The highest BCUT2D eigenvalue weighted by molar-refractivity contribution is 9.10. The van der Waals surface area contributed by atoms with E-state index in [4.69, 9.17) is 4.43 Å². The Morgan fingerprint density at radius 1 is 1.33 bits per heavy atom. The molecular formula is C9H12BrNO3Si. The average molecular weight is 290 g/mol. The number of rotatable bonds is 3. The van der Waals surface area contributed by atoms with Crippen molar-refractivity contribution in [2.45, 2.75) is 19.6 Å². The molecule has 6 heteroatoms. The van der Waals surface area contributed by atoms with Crippen LogP contribution in [0, 0.1) is 10.1 Å². The van der Waals surface area contributed by atoms with E-state index in [0.29, 0.717) is 10.2 Å². The summed E-state index contributed by atoms with van der Waals surface area (Å²) in [6.07, 6.45) is 0. The summed E-state index contributed by atoms with van der Waals surface area (Å²) < 4.78 is 6.34. The first-order valence-electron chi connectivity index (χ1n) is 4.42. The van der Waals surface area contributed by atoms with Crippen LogP contribution in [0.1, 0.15) is 0 Å². The van der Waals surface area contributed by atoms with Crippen LogP contribution >= 0.6 is 15.9 Å². The normalized spacial score (nSPS) is 11.2. The summed E-state index contributed by atoms with van der Waals surface area (Å²) >= 11 is 3.22. The van der Waals surface area contributed by atoms with Crippen LogP contribution in [0.15, 0.2) is 22.7 Å². The first-order chi connectivity index (χ1) is 6.78. The minimum Gasteiger partial charge on any atom is -0.544 e. The van der Waals surface area contributed by atoms with E-state index in [1.807, 2.05) is 19.6 Å². The molecular weight excluding hydrogens is 278 g/mol. The summed E-state index contributed by atoms with van der Waals surface area (Å²) in [5.41, 5.74) is 0.0395. The van der Waals surface area contributed by atoms with Gasteiger partial charge in [0, 0.05) is 10.5 Å². The first-order valence-corrected chi connectivity index (χ1v) is 8.62. The van der Waals surface area contributed by atoms with Crippen LogP contribution in [-0.2, 0) is 0 Å². The third-order valence-corrected chi connectivity index (χ3v) is 2.80. The van der Waals surface area contributed by atoms with Crippen molar-refractivity contribution in [3.05, 3.63) is 32.8 Å². The molecule has 0 aliphatic rings. The number of nitro groups is 1. The lowest BCUT2D eigenvalue weighted by molar-refractivity contribution is -0.385. The Bertz CT molecular complexity index is 389. The van der Waals surface area contributed by atoms with E-state index in [9.17, 15) is 10.1 Å². The van der Waals surface area contributed by atoms with Crippen LogP contribution in [0.25, 0.3) is 0 Å². The predicted octanol–water partition coefficient (Wildman–Crippen LogP) is 3.57. The van der Waals surface area contributed by atoms with E-state index in [2.05, 4.69) is 15.9 Å². The van der Waals surface area contributed by atoms with Gasteiger partial charge in [-0.05, 0) is 25.7 Å². The van der Waals surface area contributed by atoms with Crippen molar-refractivity contribution in [3.63, 3.8) is 0 Å². The molecule has 4 nitrogen and oxygen atoms in total. The zero-order valence-electron chi connectivity index (χ0n) is 8.78. The van der Waals surface area contributed by atoms with Gasteiger partial charge in [-0.15, -0.1) is 0 Å². The van der Waals surface area contributed by atoms with E-state index in [1.165, 1.54) is 12.1 Å². The van der Waals surface area contributed by atoms with Crippen molar-refractivity contribution in [3.8, 4) is 5.75 Å². The van der Waals surface area contributed by atoms with E-state index in [-0.39, 0.29) is 5.69 Å². The van der Waals surface area contributed by atoms with Gasteiger partial charge >= 0.3 is 0 Å². The molecule has 1 aromatic rings. The second-order valence-corrected chi connectivity index (χ2v) is 9.46. The third kappa shape index (κ3) is 4.01. The molecule has 0 aromatic heterocycles. The molecule has 0 amide bonds. The Labute approximate surface area is 97.7 Å². The average Bonchev–Trinajstić information content (AvgIpc) is 1.99.